The predicted molar refractivity (Wildman–Crippen MR) is 99.9 cm³/mol. The summed E-state index contributed by atoms with van der Waals surface area (Å²) in [7, 11) is 0. The van der Waals surface area contributed by atoms with E-state index in [-0.39, 0.29) is 29.1 Å². The highest BCUT2D eigenvalue weighted by Gasteiger charge is 2.36. The molecule has 1 unspecified atom stereocenters. The molecule has 26 heavy (non-hydrogen) atoms. The van der Waals surface area contributed by atoms with Crippen LogP contribution in [0.15, 0.2) is 30.5 Å². The molecule has 1 atom stereocenters. The number of rotatable bonds is 3. The van der Waals surface area contributed by atoms with Crippen LogP contribution in [0.25, 0.3) is 5.69 Å². The summed E-state index contributed by atoms with van der Waals surface area (Å²) in [6, 6.07) is 6.24. The zero-order chi connectivity index (χ0) is 19.1. The van der Waals surface area contributed by atoms with Gasteiger partial charge in [0.1, 0.15) is 5.82 Å². The Labute approximate surface area is 154 Å². The lowest BCUT2D eigenvalue weighted by atomic mass is 9.79. The molecule has 2 N–H and O–H groups in total. The van der Waals surface area contributed by atoms with Gasteiger partial charge in [0.15, 0.2) is 0 Å². The minimum absolute atomic E-state index is 0.0120. The summed E-state index contributed by atoms with van der Waals surface area (Å²) in [4.78, 5) is 15.1. The van der Waals surface area contributed by atoms with Gasteiger partial charge in [-0.25, -0.2) is 9.07 Å². The fourth-order valence-corrected chi connectivity index (χ4v) is 3.58. The van der Waals surface area contributed by atoms with Crippen LogP contribution in [-0.2, 0) is 0 Å². The monoisotopic (exact) mass is 358 g/mol. The van der Waals surface area contributed by atoms with Crippen molar-refractivity contribution in [2.45, 2.75) is 46.1 Å². The van der Waals surface area contributed by atoms with E-state index in [1.165, 1.54) is 12.1 Å². The van der Waals surface area contributed by atoms with Crippen molar-refractivity contribution < 1.29 is 9.18 Å². The Morgan fingerprint density at radius 2 is 1.96 bits per heavy atom. The topological polar surface area (TPSA) is 64.2 Å². The first-order chi connectivity index (χ1) is 12.2. The minimum Gasteiger partial charge on any atom is -0.338 e. The highest BCUT2D eigenvalue weighted by molar-refractivity contribution is 5.95. The van der Waals surface area contributed by atoms with Crippen LogP contribution in [0.5, 0.6) is 0 Å². The third-order valence-corrected chi connectivity index (χ3v) is 5.25. The van der Waals surface area contributed by atoms with Crippen molar-refractivity contribution in [3.8, 4) is 5.69 Å². The van der Waals surface area contributed by atoms with Crippen LogP contribution in [-0.4, -0.2) is 39.7 Å². The second kappa shape index (κ2) is 6.83. The maximum atomic E-state index is 13.2. The van der Waals surface area contributed by atoms with Crippen LogP contribution in [0.1, 0.15) is 56.1 Å². The highest BCUT2D eigenvalue weighted by atomic mass is 19.1. The molecule has 5 nitrogen and oxygen atoms in total. The van der Waals surface area contributed by atoms with E-state index in [1.807, 2.05) is 18.7 Å². The number of carbonyl (C=O) groups excluding carboxylic acids is 1. The number of halogens is 1. The maximum Gasteiger partial charge on any atom is 0.257 e. The Kier molecular flexibility index (Phi) is 4.88. The number of likely N-dealkylation sites (tertiary alicyclic amines) is 1. The van der Waals surface area contributed by atoms with Gasteiger partial charge in [0.05, 0.1) is 23.1 Å². The summed E-state index contributed by atoms with van der Waals surface area (Å²) in [5.74, 6) is -0.209. The van der Waals surface area contributed by atoms with Gasteiger partial charge in [0, 0.05) is 19.1 Å². The Balaban J connectivity index is 1.95. The SMILES string of the molecule is CC(C)c1c(C(=O)N2CCC(N)C(C)(C)C2)cnn1-c1ccc(F)cc1. The van der Waals surface area contributed by atoms with Crippen LogP contribution in [0.2, 0.25) is 0 Å². The van der Waals surface area contributed by atoms with E-state index in [1.54, 1.807) is 23.0 Å². The van der Waals surface area contributed by atoms with Gasteiger partial charge in [-0.05, 0) is 42.0 Å². The fourth-order valence-electron chi connectivity index (χ4n) is 3.58. The molecule has 1 amide bonds. The van der Waals surface area contributed by atoms with E-state index in [4.69, 9.17) is 5.73 Å². The van der Waals surface area contributed by atoms with Crippen LogP contribution in [0.3, 0.4) is 0 Å². The van der Waals surface area contributed by atoms with Crippen molar-refractivity contribution in [3.05, 3.63) is 47.5 Å². The summed E-state index contributed by atoms with van der Waals surface area (Å²) in [5, 5.41) is 4.43. The number of hydrogen-bond acceptors (Lipinski definition) is 3. The van der Waals surface area contributed by atoms with Gasteiger partial charge in [0.25, 0.3) is 5.91 Å². The zero-order valence-electron chi connectivity index (χ0n) is 15.9. The maximum absolute atomic E-state index is 13.2. The molecule has 1 aromatic carbocycles. The van der Waals surface area contributed by atoms with Crippen molar-refractivity contribution in [1.82, 2.24) is 14.7 Å². The number of aromatic nitrogens is 2. The van der Waals surface area contributed by atoms with Crippen molar-refractivity contribution in [3.63, 3.8) is 0 Å². The number of carbonyl (C=O) groups is 1. The molecule has 0 bridgehead atoms. The molecular weight excluding hydrogens is 331 g/mol. The van der Waals surface area contributed by atoms with Crippen molar-refractivity contribution in [1.29, 1.82) is 0 Å². The molecule has 1 saturated heterocycles. The van der Waals surface area contributed by atoms with Gasteiger partial charge in [-0.3, -0.25) is 4.79 Å². The fraction of sp³-hybridized carbons (Fsp3) is 0.500. The zero-order valence-corrected chi connectivity index (χ0v) is 15.9. The second-order valence-corrected chi connectivity index (χ2v) is 8.10. The Hall–Kier alpha value is -2.21. The van der Waals surface area contributed by atoms with E-state index in [0.29, 0.717) is 18.7 Å². The molecule has 1 aliphatic rings. The van der Waals surface area contributed by atoms with E-state index < -0.39 is 0 Å². The van der Waals surface area contributed by atoms with E-state index in [0.717, 1.165) is 17.8 Å². The standard InChI is InChI=1S/C20H27FN4O/c1-13(2)18-16(11-23-25(18)15-7-5-14(21)6-8-15)19(26)24-10-9-17(22)20(3,4)12-24/h5-8,11,13,17H,9-10,12,22H2,1-4H3. The molecule has 0 radical (unpaired) electrons. The average molecular weight is 358 g/mol. The lowest BCUT2D eigenvalue weighted by Gasteiger charge is -2.42. The van der Waals surface area contributed by atoms with Crippen LogP contribution in [0, 0.1) is 11.2 Å². The Morgan fingerprint density at radius 1 is 1.31 bits per heavy atom. The van der Waals surface area contributed by atoms with Crippen LogP contribution < -0.4 is 5.73 Å². The van der Waals surface area contributed by atoms with Crippen LogP contribution in [0.4, 0.5) is 4.39 Å². The number of amides is 1. The summed E-state index contributed by atoms with van der Waals surface area (Å²) < 4.78 is 15.0. The summed E-state index contributed by atoms with van der Waals surface area (Å²) in [6.45, 7) is 9.55. The minimum atomic E-state index is -0.296. The van der Waals surface area contributed by atoms with Gasteiger partial charge in [-0.1, -0.05) is 27.7 Å². The molecule has 1 fully saturated rings. The lowest BCUT2D eigenvalue weighted by molar-refractivity contribution is 0.0531. The first-order valence-corrected chi connectivity index (χ1v) is 9.09. The van der Waals surface area contributed by atoms with Crippen molar-refractivity contribution >= 4 is 5.91 Å². The van der Waals surface area contributed by atoms with Gasteiger partial charge in [0.2, 0.25) is 0 Å². The third kappa shape index (κ3) is 3.38. The number of benzene rings is 1. The predicted octanol–water partition coefficient (Wildman–Crippen LogP) is 3.33. The number of nitrogens with two attached hydrogens (primary N) is 1. The van der Waals surface area contributed by atoms with E-state index >= 15 is 0 Å². The first-order valence-electron chi connectivity index (χ1n) is 9.09. The van der Waals surface area contributed by atoms with Gasteiger partial charge >= 0.3 is 0 Å². The Morgan fingerprint density at radius 3 is 2.54 bits per heavy atom. The number of nitrogens with zero attached hydrogens (tertiary/aromatic N) is 3. The molecule has 140 valence electrons. The molecule has 0 aliphatic carbocycles. The molecule has 0 spiro atoms. The third-order valence-electron chi connectivity index (χ3n) is 5.25. The Bertz CT molecular complexity index is 795. The number of hydrogen-bond donors (Lipinski definition) is 1. The molecule has 1 aliphatic heterocycles. The summed E-state index contributed by atoms with van der Waals surface area (Å²) in [5.41, 5.74) is 8.28. The average Bonchev–Trinajstić information content (AvgIpc) is 3.02. The smallest absolute Gasteiger partial charge is 0.257 e. The molecule has 2 heterocycles. The quantitative estimate of drug-likeness (QED) is 0.915. The second-order valence-electron chi connectivity index (χ2n) is 8.10. The van der Waals surface area contributed by atoms with Gasteiger partial charge in [-0.2, -0.15) is 5.10 Å². The summed E-state index contributed by atoms with van der Waals surface area (Å²) in [6.07, 6.45) is 2.42. The van der Waals surface area contributed by atoms with E-state index in [2.05, 4.69) is 18.9 Å². The van der Waals surface area contributed by atoms with Gasteiger partial charge in [-0.15, -0.1) is 0 Å². The lowest BCUT2D eigenvalue weighted by Crippen LogP contribution is -2.54. The molecule has 2 aromatic rings. The summed E-state index contributed by atoms with van der Waals surface area (Å²) >= 11 is 0. The normalized spacial score (nSPS) is 19.8. The largest absolute Gasteiger partial charge is 0.338 e. The van der Waals surface area contributed by atoms with Crippen LogP contribution >= 0.6 is 0 Å². The number of piperidine rings is 1. The van der Waals surface area contributed by atoms with Crippen molar-refractivity contribution in [2.24, 2.45) is 11.1 Å². The molecule has 1 aromatic heterocycles. The van der Waals surface area contributed by atoms with Crippen molar-refractivity contribution in [2.75, 3.05) is 13.1 Å². The molecule has 0 saturated carbocycles. The molecule has 6 heteroatoms. The first kappa shape index (κ1) is 18.6. The molecular formula is C20H27FN4O. The highest BCUT2D eigenvalue weighted by Crippen LogP contribution is 2.30. The van der Waals surface area contributed by atoms with Gasteiger partial charge < -0.3 is 10.6 Å². The molecule has 3 rings (SSSR count). The van der Waals surface area contributed by atoms with E-state index in [9.17, 15) is 9.18 Å².